The molecular weight excluding hydrogens is 296 g/mol. The van der Waals surface area contributed by atoms with Gasteiger partial charge in [0.15, 0.2) is 0 Å². The van der Waals surface area contributed by atoms with Crippen molar-refractivity contribution in [3.05, 3.63) is 35.4 Å². The second-order valence-corrected chi connectivity index (χ2v) is 7.32. The van der Waals surface area contributed by atoms with Crippen LogP contribution in [-0.2, 0) is 13.2 Å². The molecule has 1 aliphatic carbocycles. The first-order valence-corrected chi connectivity index (χ1v) is 9.10. The number of hydrogen-bond donors (Lipinski definition) is 3. The zero-order valence-electron chi connectivity index (χ0n) is 13.2. The molecule has 2 rings (SSSR count). The summed E-state index contributed by atoms with van der Waals surface area (Å²) in [5, 5.41) is 15.8. The Labute approximate surface area is 137 Å². The lowest BCUT2D eigenvalue weighted by Gasteiger charge is -2.29. The lowest BCUT2D eigenvalue weighted by Crippen LogP contribution is -2.44. The van der Waals surface area contributed by atoms with E-state index in [9.17, 15) is 4.79 Å². The fourth-order valence-corrected chi connectivity index (χ4v) is 4.09. The van der Waals surface area contributed by atoms with E-state index in [0.29, 0.717) is 17.8 Å². The summed E-state index contributed by atoms with van der Waals surface area (Å²) in [6.45, 7) is 2.70. The summed E-state index contributed by atoms with van der Waals surface area (Å²) in [6, 6.07) is 7.83. The number of aliphatic hydroxyl groups excluding tert-OH is 1. The van der Waals surface area contributed by atoms with Gasteiger partial charge in [-0.05, 0) is 36.1 Å². The number of nitrogens with one attached hydrogen (secondary N) is 2. The Bertz CT molecular complexity index is 479. The molecule has 0 heterocycles. The van der Waals surface area contributed by atoms with Gasteiger partial charge in [-0.2, -0.15) is 11.8 Å². The lowest BCUT2D eigenvalue weighted by molar-refractivity contribution is 0.232. The van der Waals surface area contributed by atoms with Crippen LogP contribution in [0.25, 0.3) is 0 Å². The summed E-state index contributed by atoms with van der Waals surface area (Å²) in [7, 11) is 0. The number of carbonyl (C=O) groups is 1. The molecule has 1 saturated carbocycles. The number of amides is 2. The zero-order chi connectivity index (χ0) is 15.8. The standard InChI is InChI=1S/C17H26N2O2S/c1-2-22-16-8-4-7-15(10-16)19-17(21)18-11-13-5-3-6-14(9-13)12-20/h3,5-6,9,15-16,20H,2,4,7-8,10-12H2,1H3,(H2,18,19,21)/t15-,16-/m1/s1. The van der Waals surface area contributed by atoms with Crippen LogP contribution >= 0.6 is 11.8 Å². The fraction of sp³-hybridized carbons (Fsp3) is 0.588. The molecule has 2 atom stereocenters. The molecule has 5 heteroatoms. The molecule has 0 unspecified atom stereocenters. The van der Waals surface area contributed by atoms with Crippen LogP contribution < -0.4 is 10.6 Å². The van der Waals surface area contributed by atoms with Crippen molar-refractivity contribution in [2.45, 2.75) is 57.1 Å². The van der Waals surface area contributed by atoms with Crippen molar-refractivity contribution in [2.24, 2.45) is 0 Å². The molecule has 0 spiro atoms. The molecule has 4 nitrogen and oxygen atoms in total. The van der Waals surface area contributed by atoms with Gasteiger partial charge in [0.05, 0.1) is 6.61 Å². The summed E-state index contributed by atoms with van der Waals surface area (Å²) < 4.78 is 0. The highest BCUT2D eigenvalue weighted by Crippen LogP contribution is 2.28. The number of thioether (sulfide) groups is 1. The lowest BCUT2D eigenvalue weighted by atomic mass is 9.95. The Morgan fingerprint density at radius 1 is 1.36 bits per heavy atom. The molecule has 1 aliphatic rings. The van der Waals surface area contributed by atoms with E-state index in [0.717, 1.165) is 29.7 Å². The number of hydrogen-bond acceptors (Lipinski definition) is 3. The first-order chi connectivity index (χ1) is 10.7. The quantitative estimate of drug-likeness (QED) is 0.754. The van der Waals surface area contributed by atoms with Crippen LogP contribution in [0.5, 0.6) is 0 Å². The predicted octanol–water partition coefficient (Wildman–Crippen LogP) is 3.04. The van der Waals surface area contributed by atoms with E-state index in [-0.39, 0.29) is 12.6 Å². The number of carbonyl (C=O) groups excluding carboxylic acids is 1. The molecule has 1 fully saturated rings. The summed E-state index contributed by atoms with van der Waals surface area (Å²) in [6.07, 6.45) is 4.62. The smallest absolute Gasteiger partial charge is 0.315 e. The highest BCUT2D eigenvalue weighted by molar-refractivity contribution is 7.99. The van der Waals surface area contributed by atoms with Crippen LogP contribution in [0.3, 0.4) is 0 Å². The first-order valence-electron chi connectivity index (χ1n) is 8.06. The number of benzene rings is 1. The first kappa shape index (κ1) is 17.2. The van der Waals surface area contributed by atoms with Gasteiger partial charge < -0.3 is 15.7 Å². The molecule has 0 aliphatic heterocycles. The van der Waals surface area contributed by atoms with Crippen molar-refractivity contribution < 1.29 is 9.90 Å². The van der Waals surface area contributed by atoms with Gasteiger partial charge in [0.25, 0.3) is 0 Å². The van der Waals surface area contributed by atoms with Gasteiger partial charge in [-0.3, -0.25) is 0 Å². The maximum atomic E-state index is 12.0. The summed E-state index contributed by atoms with van der Waals surface area (Å²) in [5.74, 6) is 1.14. The van der Waals surface area contributed by atoms with E-state index in [2.05, 4.69) is 17.6 Å². The van der Waals surface area contributed by atoms with Crippen molar-refractivity contribution in [1.82, 2.24) is 10.6 Å². The minimum atomic E-state index is -0.0958. The molecule has 0 saturated heterocycles. The van der Waals surface area contributed by atoms with Gasteiger partial charge in [-0.15, -0.1) is 0 Å². The van der Waals surface area contributed by atoms with Crippen molar-refractivity contribution in [2.75, 3.05) is 5.75 Å². The second kappa shape index (κ2) is 9.06. The molecule has 0 radical (unpaired) electrons. The topological polar surface area (TPSA) is 61.4 Å². The molecule has 0 aromatic heterocycles. The molecule has 0 bridgehead atoms. The van der Waals surface area contributed by atoms with Crippen molar-refractivity contribution in [3.63, 3.8) is 0 Å². The maximum absolute atomic E-state index is 12.0. The fourth-order valence-electron chi connectivity index (χ4n) is 2.92. The molecular formula is C17H26N2O2S. The van der Waals surface area contributed by atoms with E-state index in [1.54, 1.807) is 0 Å². The van der Waals surface area contributed by atoms with Crippen LogP contribution in [0.15, 0.2) is 24.3 Å². The Balaban J connectivity index is 1.75. The van der Waals surface area contributed by atoms with Crippen molar-refractivity contribution in [3.8, 4) is 0 Å². The molecule has 1 aromatic rings. The predicted molar refractivity (Wildman–Crippen MR) is 91.9 cm³/mol. The minimum absolute atomic E-state index is 0.0264. The van der Waals surface area contributed by atoms with Gasteiger partial charge in [-0.25, -0.2) is 4.79 Å². The van der Waals surface area contributed by atoms with Gasteiger partial charge in [-0.1, -0.05) is 37.6 Å². The average Bonchev–Trinajstić information content (AvgIpc) is 2.54. The number of aliphatic hydroxyl groups is 1. The number of urea groups is 1. The normalized spacial score (nSPS) is 21.4. The number of rotatable bonds is 6. The van der Waals surface area contributed by atoms with Gasteiger partial charge in [0.1, 0.15) is 0 Å². The summed E-state index contributed by atoms with van der Waals surface area (Å²) >= 11 is 2.00. The van der Waals surface area contributed by atoms with Gasteiger partial charge >= 0.3 is 6.03 Å². The molecule has 3 N–H and O–H groups in total. The van der Waals surface area contributed by atoms with Crippen molar-refractivity contribution in [1.29, 1.82) is 0 Å². The highest BCUT2D eigenvalue weighted by Gasteiger charge is 2.22. The highest BCUT2D eigenvalue weighted by atomic mass is 32.2. The van der Waals surface area contributed by atoms with E-state index in [4.69, 9.17) is 5.11 Å². The Hall–Kier alpha value is -1.20. The molecule has 2 amide bonds. The van der Waals surface area contributed by atoms with E-state index >= 15 is 0 Å². The van der Waals surface area contributed by atoms with Crippen LogP contribution in [0.2, 0.25) is 0 Å². The van der Waals surface area contributed by atoms with Crippen LogP contribution in [0.4, 0.5) is 4.79 Å². The van der Waals surface area contributed by atoms with Gasteiger partial charge in [0.2, 0.25) is 0 Å². The van der Waals surface area contributed by atoms with E-state index < -0.39 is 0 Å². The van der Waals surface area contributed by atoms with Crippen LogP contribution in [0.1, 0.15) is 43.7 Å². The average molecular weight is 322 g/mol. The minimum Gasteiger partial charge on any atom is -0.392 e. The molecule has 122 valence electrons. The van der Waals surface area contributed by atoms with Crippen LogP contribution in [-0.4, -0.2) is 28.2 Å². The third kappa shape index (κ3) is 5.54. The Kier molecular flexibility index (Phi) is 7.06. The van der Waals surface area contributed by atoms with Crippen molar-refractivity contribution >= 4 is 17.8 Å². The zero-order valence-corrected chi connectivity index (χ0v) is 14.0. The summed E-state index contributed by atoms with van der Waals surface area (Å²) in [4.78, 5) is 12.0. The molecule has 22 heavy (non-hydrogen) atoms. The largest absolute Gasteiger partial charge is 0.392 e. The third-order valence-corrected chi connectivity index (χ3v) is 5.22. The Morgan fingerprint density at radius 2 is 2.18 bits per heavy atom. The monoisotopic (exact) mass is 322 g/mol. The Morgan fingerprint density at radius 3 is 2.95 bits per heavy atom. The molecule has 1 aromatic carbocycles. The second-order valence-electron chi connectivity index (χ2n) is 5.75. The third-order valence-electron chi connectivity index (χ3n) is 3.99. The van der Waals surface area contributed by atoms with Crippen LogP contribution in [0, 0.1) is 0 Å². The summed E-state index contributed by atoms with van der Waals surface area (Å²) in [5.41, 5.74) is 1.87. The van der Waals surface area contributed by atoms with Gasteiger partial charge in [0, 0.05) is 17.8 Å². The van der Waals surface area contributed by atoms with E-state index in [1.807, 2.05) is 36.0 Å². The SMILES string of the molecule is CCS[C@@H]1CCC[C@@H](NC(=O)NCc2cccc(CO)c2)C1. The van der Waals surface area contributed by atoms with E-state index in [1.165, 1.54) is 12.8 Å². The maximum Gasteiger partial charge on any atom is 0.315 e.